The zero-order valence-corrected chi connectivity index (χ0v) is 28.1. The van der Waals surface area contributed by atoms with Crippen molar-refractivity contribution in [1.82, 2.24) is 19.9 Å². The van der Waals surface area contributed by atoms with Crippen LogP contribution >= 0.6 is 0 Å². The van der Waals surface area contributed by atoms with E-state index < -0.39 is 17.2 Å². The molecule has 258 valence electrons. The molecule has 11 heteroatoms. The van der Waals surface area contributed by atoms with E-state index in [1.807, 2.05) is 0 Å². The van der Waals surface area contributed by atoms with E-state index in [1.165, 1.54) is 30.5 Å². The first kappa shape index (κ1) is 33.4. The van der Waals surface area contributed by atoms with Crippen molar-refractivity contribution in [2.45, 2.75) is 70.4 Å². The molecule has 3 aliphatic rings. The summed E-state index contributed by atoms with van der Waals surface area (Å²) in [6.07, 6.45) is 14.0. The van der Waals surface area contributed by atoms with Crippen molar-refractivity contribution in [2.75, 3.05) is 50.9 Å². The van der Waals surface area contributed by atoms with Crippen LogP contribution in [0, 0.1) is 29.4 Å². The molecular formula is C38H43F2N5O4. The normalized spacial score (nSPS) is 21.8. The average molecular weight is 672 g/mol. The molecule has 0 amide bonds. The number of benzene rings is 2. The van der Waals surface area contributed by atoms with E-state index in [0.717, 1.165) is 51.5 Å². The molecule has 1 saturated carbocycles. The van der Waals surface area contributed by atoms with Gasteiger partial charge in [0, 0.05) is 48.2 Å². The maximum Gasteiger partial charge on any atom is 0.319 e. The van der Waals surface area contributed by atoms with Crippen molar-refractivity contribution < 1.29 is 28.5 Å². The molecule has 2 saturated heterocycles. The number of phenolic OH excluding ortho intramolecular Hbond substituents is 1. The number of anilines is 1. The van der Waals surface area contributed by atoms with E-state index in [2.05, 4.69) is 39.5 Å². The number of pyridine rings is 1. The van der Waals surface area contributed by atoms with Crippen LogP contribution in [0.5, 0.6) is 11.8 Å². The lowest BCUT2D eigenvalue weighted by Crippen LogP contribution is -2.62. The Hall–Kier alpha value is -4.11. The number of hydrogen-bond acceptors (Lipinski definition) is 9. The molecule has 4 heterocycles. The van der Waals surface area contributed by atoms with E-state index in [1.54, 1.807) is 0 Å². The highest BCUT2D eigenvalue weighted by atomic mass is 19.1. The van der Waals surface area contributed by atoms with Crippen LogP contribution in [0.1, 0.15) is 64.4 Å². The fourth-order valence-corrected chi connectivity index (χ4v) is 8.35. The lowest BCUT2D eigenvalue weighted by molar-refractivity contribution is -0.195. The Morgan fingerprint density at radius 2 is 1.90 bits per heavy atom. The second-order valence-electron chi connectivity index (χ2n) is 14.0. The third kappa shape index (κ3) is 6.04. The summed E-state index contributed by atoms with van der Waals surface area (Å²) in [4.78, 5) is 18.6. The monoisotopic (exact) mass is 671 g/mol. The summed E-state index contributed by atoms with van der Waals surface area (Å²) in [7, 11) is 0. The van der Waals surface area contributed by atoms with Crippen molar-refractivity contribution in [3.8, 4) is 35.4 Å². The lowest BCUT2D eigenvalue weighted by Gasteiger charge is -2.49. The van der Waals surface area contributed by atoms with E-state index in [9.17, 15) is 14.6 Å². The fourth-order valence-electron chi connectivity index (χ4n) is 8.35. The number of fused-ring (bicyclic) bond motifs is 3. The molecule has 0 radical (unpaired) electrons. The van der Waals surface area contributed by atoms with Crippen LogP contribution in [-0.4, -0.2) is 87.7 Å². The Bertz CT molecular complexity index is 1920. The Morgan fingerprint density at radius 3 is 2.61 bits per heavy atom. The standard InChI is InChI=1S/C38H43F2N5O4/c1-4-14-44(15-5-2)35-28-19-41-33(27-18-25(46)17-24-10-11-29(39)26(6-3)31(24)27)32(40)34(28)42-36(43-35)49-21-37-12-7-9-30(37)45(16-8-13-37)20-38(47)22-48-23-38/h3,10-11,17-19,30,46-47H,4-5,7-9,12-16,20-23H2,1-2H3. The van der Waals surface area contributed by atoms with Gasteiger partial charge in [0.05, 0.1) is 30.8 Å². The van der Waals surface area contributed by atoms with Crippen LogP contribution in [0.2, 0.25) is 0 Å². The molecule has 2 aromatic carbocycles. The number of nitrogens with zero attached hydrogens (tertiary/aromatic N) is 5. The largest absolute Gasteiger partial charge is 0.508 e. The fraction of sp³-hybridized carbons (Fsp3) is 0.500. The highest BCUT2D eigenvalue weighted by Crippen LogP contribution is 2.48. The van der Waals surface area contributed by atoms with Crippen molar-refractivity contribution in [3.63, 3.8) is 0 Å². The van der Waals surface area contributed by atoms with E-state index >= 15 is 4.39 Å². The second-order valence-corrected chi connectivity index (χ2v) is 14.0. The minimum Gasteiger partial charge on any atom is -0.508 e. The van der Waals surface area contributed by atoms with Gasteiger partial charge in [-0.05, 0) is 68.7 Å². The Morgan fingerprint density at radius 1 is 1.12 bits per heavy atom. The van der Waals surface area contributed by atoms with Crippen molar-refractivity contribution in [1.29, 1.82) is 0 Å². The van der Waals surface area contributed by atoms with E-state index in [0.29, 0.717) is 56.0 Å². The molecule has 7 rings (SSSR count). The Balaban J connectivity index is 1.31. The number of hydrogen-bond donors (Lipinski definition) is 2. The first-order valence-corrected chi connectivity index (χ1v) is 17.4. The number of halogens is 2. The maximum atomic E-state index is 16.9. The van der Waals surface area contributed by atoms with Crippen LogP contribution in [0.15, 0.2) is 30.5 Å². The highest BCUT2D eigenvalue weighted by molar-refractivity contribution is 6.03. The number of aromatic hydroxyl groups is 1. The molecular weight excluding hydrogens is 628 g/mol. The van der Waals surface area contributed by atoms with Crippen LogP contribution in [0.4, 0.5) is 14.6 Å². The van der Waals surface area contributed by atoms with Crippen molar-refractivity contribution in [2.24, 2.45) is 5.41 Å². The van der Waals surface area contributed by atoms with Gasteiger partial charge in [-0.1, -0.05) is 32.3 Å². The smallest absolute Gasteiger partial charge is 0.319 e. The second kappa shape index (κ2) is 13.3. The van der Waals surface area contributed by atoms with E-state index in [-0.39, 0.29) is 50.9 Å². The summed E-state index contributed by atoms with van der Waals surface area (Å²) in [5, 5.41) is 22.6. The van der Waals surface area contributed by atoms with Gasteiger partial charge in [-0.15, -0.1) is 6.42 Å². The summed E-state index contributed by atoms with van der Waals surface area (Å²) in [5.74, 6) is 1.43. The van der Waals surface area contributed by atoms with Gasteiger partial charge >= 0.3 is 6.01 Å². The first-order valence-electron chi connectivity index (χ1n) is 17.4. The molecule has 0 bridgehead atoms. The van der Waals surface area contributed by atoms with Crippen LogP contribution < -0.4 is 9.64 Å². The molecule has 3 fully saturated rings. The number of β-amino-alcohol motifs (C(OH)–C–C–N with tert-alkyl or cyclic N) is 1. The SMILES string of the molecule is C#Cc1c(F)ccc2cc(O)cc(-c3ncc4c(N(CCC)CCC)nc(OCC56CCCC5N(CC5(O)COC5)CCC6)nc4c3F)c12. The van der Waals surface area contributed by atoms with Gasteiger partial charge in [-0.3, -0.25) is 9.88 Å². The summed E-state index contributed by atoms with van der Waals surface area (Å²) >= 11 is 0. The minimum atomic E-state index is -0.804. The van der Waals surface area contributed by atoms with Gasteiger partial charge in [0.25, 0.3) is 0 Å². The van der Waals surface area contributed by atoms with Crippen LogP contribution in [-0.2, 0) is 4.74 Å². The molecule has 49 heavy (non-hydrogen) atoms. The van der Waals surface area contributed by atoms with Gasteiger partial charge < -0.3 is 24.6 Å². The molecule has 2 atom stereocenters. The number of rotatable bonds is 11. The lowest BCUT2D eigenvalue weighted by atomic mass is 9.75. The summed E-state index contributed by atoms with van der Waals surface area (Å²) in [6, 6.07) is 5.86. The number of likely N-dealkylation sites (tertiary alicyclic amines) is 1. The predicted molar refractivity (Wildman–Crippen MR) is 185 cm³/mol. The topological polar surface area (TPSA) is 104 Å². The molecule has 1 aliphatic carbocycles. The van der Waals surface area contributed by atoms with Gasteiger partial charge in [-0.2, -0.15) is 9.97 Å². The van der Waals surface area contributed by atoms with Crippen LogP contribution in [0.25, 0.3) is 32.9 Å². The summed E-state index contributed by atoms with van der Waals surface area (Å²) < 4.78 is 43.6. The number of ether oxygens (including phenoxy) is 2. The van der Waals surface area contributed by atoms with Crippen molar-refractivity contribution in [3.05, 3.63) is 47.7 Å². The zero-order valence-electron chi connectivity index (χ0n) is 28.1. The summed E-state index contributed by atoms with van der Waals surface area (Å²) in [5.41, 5.74) is -0.905. The van der Waals surface area contributed by atoms with Gasteiger partial charge in [-0.25, -0.2) is 8.78 Å². The molecule has 2 aliphatic heterocycles. The van der Waals surface area contributed by atoms with Gasteiger partial charge in [0.15, 0.2) is 5.82 Å². The highest BCUT2D eigenvalue weighted by Gasteiger charge is 2.51. The quantitative estimate of drug-likeness (QED) is 0.180. The molecule has 2 unspecified atom stereocenters. The number of aromatic nitrogens is 3. The van der Waals surface area contributed by atoms with Gasteiger partial charge in [0.2, 0.25) is 0 Å². The molecule has 0 spiro atoms. The predicted octanol–water partition coefficient (Wildman–Crippen LogP) is 6.21. The number of piperidine rings is 1. The molecule has 2 aromatic heterocycles. The maximum absolute atomic E-state index is 16.9. The minimum absolute atomic E-state index is 0.0234. The molecule has 2 N–H and O–H groups in total. The number of aliphatic hydroxyl groups is 1. The average Bonchev–Trinajstić information content (AvgIpc) is 3.52. The van der Waals surface area contributed by atoms with Crippen molar-refractivity contribution >= 4 is 27.5 Å². The Kier molecular flexibility index (Phi) is 9.07. The Labute approximate surface area is 285 Å². The third-order valence-electron chi connectivity index (χ3n) is 10.5. The molecule has 4 aromatic rings. The van der Waals surface area contributed by atoms with E-state index in [4.69, 9.17) is 20.9 Å². The number of phenols is 1. The first-order chi connectivity index (χ1) is 23.7. The number of terminal acetylenes is 1. The molecule has 9 nitrogen and oxygen atoms in total. The van der Waals surface area contributed by atoms with Gasteiger partial charge in [0.1, 0.15) is 34.2 Å². The third-order valence-corrected chi connectivity index (χ3v) is 10.5. The summed E-state index contributed by atoms with van der Waals surface area (Å²) in [6.45, 7) is 8.14. The zero-order chi connectivity index (χ0) is 34.3. The van der Waals surface area contributed by atoms with Crippen LogP contribution in [0.3, 0.4) is 0 Å².